The Kier molecular flexibility index (Phi) is 5.23. The number of hydrogen-bond acceptors (Lipinski definition) is 6. The number of nitrogens with zero attached hydrogens (tertiary/aromatic N) is 5. The Balaban J connectivity index is 1.53. The Morgan fingerprint density at radius 1 is 1.24 bits per heavy atom. The summed E-state index contributed by atoms with van der Waals surface area (Å²) < 4.78 is 6.33. The zero-order chi connectivity index (χ0) is 20.5. The van der Waals surface area contributed by atoms with Crippen LogP contribution in [0.3, 0.4) is 0 Å². The van der Waals surface area contributed by atoms with Gasteiger partial charge in [-0.15, -0.1) is 0 Å². The highest BCUT2D eigenvalue weighted by atomic mass is 32.1. The lowest BCUT2D eigenvalue weighted by molar-refractivity contribution is -0.129. The number of carbonyl (C=O) groups excluding carboxylic acids is 2. The Hall–Kier alpha value is -2.94. The summed E-state index contributed by atoms with van der Waals surface area (Å²) in [5.41, 5.74) is 6.67. The van der Waals surface area contributed by atoms with E-state index in [0.717, 1.165) is 37.3 Å². The molecule has 0 saturated carbocycles. The van der Waals surface area contributed by atoms with Crippen LogP contribution in [0.25, 0.3) is 10.9 Å². The molecular formula is C20H24N6O2S. The first-order chi connectivity index (χ1) is 13.9. The van der Waals surface area contributed by atoms with Crippen molar-refractivity contribution in [1.82, 2.24) is 18.8 Å². The first-order valence-electron chi connectivity index (χ1n) is 9.60. The van der Waals surface area contributed by atoms with E-state index in [-0.39, 0.29) is 24.1 Å². The molecule has 1 aromatic carbocycles. The monoisotopic (exact) mass is 412 g/mol. The van der Waals surface area contributed by atoms with Crippen LogP contribution in [0.15, 0.2) is 30.5 Å². The highest BCUT2D eigenvalue weighted by Gasteiger charge is 2.28. The van der Waals surface area contributed by atoms with E-state index in [1.54, 1.807) is 24.9 Å². The molecule has 1 fully saturated rings. The molecule has 2 N–H and O–H groups in total. The Labute approximate surface area is 173 Å². The number of imidazole rings is 1. The second-order valence-electron chi connectivity index (χ2n) is 7.53. The van der Waals surface area contributed by atoms with Gasteiger partial charge in [0, 0.05) is 44.7 Å². The summed E-state index contributed by atoms with van der Waals surface area (Å²) in [6.45, 7) is 1.90. The third-order valence-corrected chi connectivity index (χ3v) is 6.32. The molecule has 1 saturated heterocycles. The number of likely N-dealkylation sites (N-methyl/N-ethyl adjacent to an activating group) is 1. The van der Waals surface area contributed by atoms with Crippen molar-refractivity contribution in [2.24, 2.45) is 5.73 Å². The molecule has 2 amide bonds. The number of hydrogen-bond donors (Lipinski definition) is 1. The normalized spacial score (nSPS) is 15.0. The number of piperidine rings is 1. The van der Waals surface area contributed by atoms with Gasteiger partial charge in [-0.05, 0) is 36.5 Å². The fourth-order valence-electron chi connectivity index (χ4n) is 3.73. The molecule has 3 aromatic rings. The van der Waals surface area contributed by atoms with Crippen molar-refractivity contribution in [3.63, 3.8) is 0 Å². The van der Waals surface area contributed by atoms with Gasteiger partial charge in [0.15, 0.2) is 0 Å². The van der Waals surface area contributed by atoms with Crippen molar-refractivity contribution in [2.45, 2.75) is 25.3 Å². The average molecular weight is 413 g/mol. The largest absolute Gasteiger partial charge is 0.364 e. The number of nitrogens with two attached hydrogens (primary N) is 1. The van der Waals surface area contributed by atoms with Gasteiger partial charge in [-0.25, -0.2) is 4.98 Å². The van der Waals surface area contributed by atoms with Crippen LogP contribution in [0.2, 0.25) is 0 Å². The van der Waals surface area contributed by atoms with E-state index in [9.17, 15) is 9.59 Å². The highest BCUT2D eigenvalue weighted by molar-refractivity contribution is 7.11. The number of carbonyl (C=O) groups is 2. The maximum Gasteiger partial charge on any atom is 0.268 e. The Bertz CT molecular complexity index is 1050. The summed E-state index contributed by atoms with van der Waals surface area (Å²) in [5, 5.41) is 2.38. The van der Waals surface area contributed by atoms with Crippen molar-refractivity contribution in [3.05, 3.63) is 42.0 Å². The second kappa shape index (κ2) is 7.82. The number of fused-ring (bicyclic) bond motifs is 1. The molecule has 9 heteroatoms. The smallest absolute Gasteiger partial charge is 0.268 e. The fourth-order valence-corrected chi connectivity index (χ4v) is 4.65. The van der Waals surface area contributed by atoms with Crippen molar-refractivity contribution in [2.75, 3.05) is 32.1 Å². The molecule has 1 aliphatic heterocycles. The van der Waals surface area contributed by atoms with Gasteiger partial charge in [0.05, 0.1) is 5.52 Å². The third-order valence-electron chi connectivity index (χ3n) is 5.38. The lowest BCUT2D eigenvalue weighted by Gasteiger charge is -2.32. The number of rotatable bonds is 5. The average Bonchev–Trinajstić information content (AvgIpc) is 3.32. The number of benzene rings is 1. The molecule has 1 aliphatic rings. The molecule has 29 heavy (non-hydrogen) atoms. The van der Waals surface area contributed by atoms with Crippen LogP contribution in [-0.2, 0) is 11.3 Å². The minimum atomic E-state index is -0.573. The molecule has 0 atom stereocenters. The van der Waals surface area contributed by atoms with Crippen LogP contribution in [0.4, 0.5) is 5.00 Å². The van der Waals surface area contributed by atoms with Crippen molar-refractivity contribution in [1.29, 1.82) is 0 Å². The van der Waals surface area contributed by atoms with Crippen LogP contribution in [-0.4, -0.2) is 57.8 Å². The van der Waals surface area contributed by atoms with Gasteiger partial charge < -0.3 is 20.1 Å². The maximum absolute atomic E-state index is 12.2. The standard InChI is InChI=1S/C20H24N6O2S/c1-24(2)17(27)12-26-11-16(18(21)28)22-19(26)13-7-9-25(10-8-13)20-14-5-3-4-6-15(14)23-29-20/h3-6,11,13H,7-10,12H2,1-2H3,(H2,21,28). The number of anilines is 1. The molecule has 152 valence electrons. The lowest BCUT2D eigenvalue weighted by atomic mass is 9.96. The maximum atomic E-state index is 12.2. The van der Waals surface area contributed by atoms with E-state index in [4.69, 9.17) is 5.73 Å². The summed E-state index contributed by atoms with van der Waals surface area (Å²) in [5.74, 6) is 0.320. The second-order valence-corrected chi connectivity index (χ2v) is 8.28. The SMILES string of the molecule is CN(C)C(=O)Cn1cc(C(N)=O)nc1C1CCN(c2snc3ccccc23)CC1. The quantitative estimate of drug-likeness (QED) is 0.692. The number of aromatic nitrogens is 3. The first kappa shape index (κ1) is 19.4. The zero-order valence-corrected chi connectivity index (χ0v) is 17.4. The number of amides is 2. The van der Waals surface area contributed by atoms with Gasteiger partial charge in [-0.3, -0.25) is 9.59 Å². The highest BCUT2D eigenvalue weighted by Crippen LogP contribution is 2.36. The molecular weight excluding hydrogens is 388 g/mol. The minimum absolute atomic E-state index is 0.0479. The van der Waals surface area contributed by atoms with E-state index in [0.29, 0.717) is 0 Å². The van der Waals surface area contributed by atoms with Gasteiger partial charge in [-0.1, -0.05) is 12.1 Å². The first-order valence-corrected chi connectivity index (χ1v) is 10.4. The third kappa shape index (κ3) is 3.82. The van der Waals surface area contributed by atoms with Crippen LogP contribution in [0.5, 0.6) is 0 Å². The summed E-state index contributed by atoms with van der Waals surface area (Å²) in [4.78, 5) is 32.2. The molecule has 0 aliphatic carbocycles. The molecule has 4 rings (SSSR count). The molecule has 0 radical (unpaired) electrons. The van der Waals surface area contributed by atoms with Crippen molar-refractivity contribution < 1.29 is 9.59 Å². The van der Waals surface area contributed by atoms with E-state index >= 15 is 0 Å². The van der Waals surface area contributed by atoms with Crippen LogP contribution < -0.4 is 10.6 Å². The van der Waals surface area contributed by atoms with Gasteiger partial charge >= 0.3 is 0 Å². The summed E-state index contributed by atoms with van der Waals surface area (Å²) in [6.07, 6.45) is 3.37. The topological polar surface area (TPSA) is 97.4 Å². The predicted molar refractivity (Wildman–Crippen MR) is 113 cm³/mol. The summed E-state index contributed by atoms with van der Waals surface area (Å²) >= 11 is 1.53. The zero-order valence-electron chi connectivity index (χ0n) is 16.5. The van der Waals surface area contributed by atoms with E-state index in [1.165, 1.54) is 26.8 Å². The van der Waals surface area contributed by atoms with E-state index in [2.05, 4.69) is 20.3 Å². The Morgan fingerprint density at radius 2 is 1.97 bits per heavy atom. The van der Waals surface area contributed by atoms with Crippen molar-refractivity contribution >= 4 is 39.3 Å². The van der Waals surface area contributed by atoms with Gasteiger partial charge in [0.1, 0.15) is 23.1 Å². The molecule has 8 nitrogen and oxygen atoms in total. The van der Waals surface area contributed by atoms with Crippen LogP contribution >= 0.6 is 11.5 Å². The minimum Gasteiger partial charge on any atom is -0.364 e. The molecule has 0 bridgehead atoms. The summed E-state index contributed by atoms with van der Waals surface area (Å²) in [6, 6.07) is 8.19. The van der Waals surface area contributed by atoms with Crippen LogP contribution in [0, 0.1) is 0 Å². The van der Waals surface area contributed by atoms with Gasteiger partial charge in [-0.2, -0.15) is 4.37 Å². The Morgan fingerprint density at radius 3 is 2.66 bits per heavy atom. The van der Waals surface area contributed by atoms with Crippen molar-refractivity contribution in [3.8, 4) is 0 Å². The summed E-state index contributed by atoms with van der Waals surface area (Å²) in [7, 11) is 3.43. The van der Waals surface area contributed by atoms with E-state index in [1.807, 2.05) is 18.2 Å². The lowest BCUT2D eigenvalue weighted by Crippen LogP contribution is -2.34. The van der Waals surface area contributed by atoms with Gasteiger partial charge in [0.2, 0.25) is 5.91 Å². The van der Waals surface area contributed by atoms with Crippen LogP contribution in [0.1, 0.15) is 35.1 Å². The predicted octanol–water partition coefficient (Wildman–Crippen LogP) is 2.06. The fraction of sp³-hybridized carbons (Fsp3) is 0.400. The van der Waals surface area contributed by atoms with Gasteiger partial charge in [0.25, 0.3) is 5.91 Å². The molecule has 3 heterocycles. The number of primary amides is 1. The molecule has 0 unspecified atom stereocenters. The molecule has 0 spiro atoms. The molecule has 2 aromatic heterocycles. The van der Waals surface area contributed by atoms with E-state index < -0.39 is 5.91 Å².